The van der Waals surface area contributed by atoms with Gasteiger partial charge in [0.25, 0.3) is 0 Å². The van der Waals surface area contributed by atoms with E-state index in [1.807, 2.05) is 38.8 Å². The highest BCUT2D eigenvalue weighted by Gasteiger charge is 2.40. The van der Waals surface area contributed by atoms with E-state index < -0.39 is 24.3 Å². The molecule has 72 heavy (non-hydrogen) atoms. The molecule has 0 saturated carbocycles. The number of aromatic amines is 2. The molecule has 6 atom stereocenters. The molecule has 5 N–H and O–H groups in total. The third-order valence-electron chi connectivity index (χ3n) is 15.1. The third-order valence-corrected chi connectivity index (χ3v) is 15.1. The predicted molar refractivity (Wildman–Crippen MR) is 273 cm³/mol. The fourth-order valence-electron chi connectivity index (χ4n) is 11.3. The molecule has 7 heterocycles. The van der Waals surface area contributed by atoms with Gasteiger partial charge in [-0.15, -0.1) is 0 Å². The highest BCUT2D eigenvalue weighted by molar-refractivity contribution is 5.87. The van der Waals surface area contributed by atoms with Gasteiger partial charge in [-0.3, -0.25) is 9.59 Å². The van der Waals surface area contributed by atoms with Crippen molar-refractivity contribution in [2.24, 2.45) is 11.8 Å². The summed E-state index contributed by atoms with van der Waals surface area (Å²) in [6, 6.07) is 23.7. The normalized spacial score (nSPS) is 21.3. The van der Waals surface area contributed by atoms with Crippen LogP contribution in [0.5, 0.6) is 0 Å². The van der Waals surface area contributed by atoms with E-state index >= 15 is 0 Å². The van der Waals surface area contributed by atoms with E-state index in [2.05, 4.69) is 103 Å². The second-order valence-corrected chi connectivity index (χ2v) is 20.3. The Bertz CT molecular complexity index is 2930. The summed E-state index contributed by atoms with van der Waals surface area (Å²) in [5.41, 5.74) is 8.86. The number of methoxy groups -OCH3 is 1. The van der Waals surface area contributed by atoms with E-state index in [0.29, 0.717) is 32.1 Å². The molecule has 0 bridgehead atoms. The van der Waals surface area contributed by atoms with Crippen molar-refractivity contribution in [3.8, 4) is 11.1 Å². The number of morpholine rings is 1. The van der Waals surface area contributed by atoms with Gasteiger partial charge in [0.1, 0.15) is 29.6 Å². The summed E-state index contributed by atoms with van der Waals surface area (Å²) < 4.78 is 10.4. The molecular weight excluding hydrogens is 915 g/mol. The van der Waals surface area contributed by atoms with Crippen LogP contribution >= 0.6 is 0 Å². The number of carbonyl (C=O) groups excluding carboxylic acids is 3. The van der Waals surface area contributed by atoms with Gasteiger partial charge in [0, 0.05) is 43.6 Å². The predicted octanol–water partition coefficient (Wildman–Crippen LogP) is 8.42. The number of carbonyl (C=O) groups is 4. The average Bonchev–Trinajstić information content (AvgIpc) is 4.26. The Morgan fingerprint density at radius 1 is 0.667 bits per heavy atom. The van der Waals surface area contributed by atoms with E-state index in [1.54, 1.807) is 4.90 Å². The summed E-state index contributed by atoms with van der Waals surface area (Å²) >= 11 is 0. The van der Waals surface area contributed by atoms with Crippen LogP contribution in [0.2, 0.25) is 0 Å². The molecule has 10 rings (SSSR count). The number of fused-ring (bicyclic) bond motifs is 2. The zero-order valence-electron chi connectivity index (χ0n) is 41.6. The molecule has 4 fully saturated rings. The Balaban J connectivity index is 0.954. The highest BCUT2D eigenvalue weighted by atomic mass is 16.5. The van der Waals surface area contributed by atoms with Crippen molar-refractivity contribution in [3.05, 3.63) is 102 Å². The van der Waals surface area contributed by atoms with Crippen LogP contribution in [-0.4, -0.2) is 122 Å². The lowest BCUT2D eigenvalue weighted by molar-refractivity contribution is -0.136. The minimum Gasteiger partial charge on any atom is -0.465 e. The van der Waals surface area contributed by atoms with Crippen LogP contribution in [0.25, 0.3) is 33.2 Å². The number of benzene rings is 3. The van der Waals surface area contributed by atoms with Crippen LogP contribution in [0.1, 0.15) is 113 Å². The van der Waals surface area contributed by atoms with Gasteiger partial charge in [0.05, 0.1) is 66.6 Å². The SMILES string of the molecule is COC(=O)N[C@H](C(=O)N1CCC[C@H]1c1nc2ccc([C@H]3CC[C@H](c4ccc5nc([C@@H]6CCCN6C(=O)[C@@H](NC(=O)O)C(C)C)[nH]c5c4)N3c3ccc(-c4ccc(N5CCOCC5)nc4)cc3)cc2[nH]1)C(C)C. The van der Waals surface area contributed by atoms with Gasteiger partial charge in [-0.2, -0.15) is 0 Å². The number of rotatable bonds is 13. The first-order chi connectivity index (χ1) is 34.8. The van der Waals surface area contributed by atoms with E-state index in [-0.39, 0.29) is 47.8 Å². The summed E-state index contributed by atoms with van der Waals surface area (Å²) in [5.74, 6) is 1.64. The molecular formula is C54H65N11O7. The lowest BCUT2D eigenvalue weighted by atomic mass is 10.0. The first-order valence-electron chi connectivity index (χ1n) is 25.5. The van der Waals surface area contributed by atoms with E-state index in [0.717, 1.165) is 113 Å². The fourth-order valence-corrected chi connectivity index (χ4v) is 11.3. The summed E-state index contributed by atoms with van der Waals surface area (Å²) in [6.07, 6.45) is 4.96. The maximum Gasteiger partial charge on any atom is 0.407 e. The number of hydrogen-bond donors (Lipinski definition) is 5. The molecule has 4 saturated heterocycles. The summed E-state index contributed by atoms with van der Waals surface area (Å²) in [6.45, 7) is 11.7. The van der Waals surface area contributed by atoms with Gasteiger partial charge in [-0.05, 0) is 116 Å². The van der Waals surface area contributed by atoms with Gasteiger partial charge >= 0.3 is 12.2 Å². The number of imidazole rings is 2. The second-order valence-electron chi connectivity index (χ2n) is 20.3. The van der Waals surface area contributed by atoms with Crippen molar-refractivity contribution >= 4 is 57.6 Å². The van der Waals surface area contributed by atoms with Crippen LogP contribution in [0.15, 0.2) is 79.0 Å². The smallest absolute Gasteiger partial charge is 0.407 e. The number of hydrogen-bond acceptors (Lipinski definition) is 11. The Morgan fingerprint density at radius 2 is 1.19 bits per heavy atom. The fraction of sp³-hybridized carbons (Fsp3) is 0.463. The topological polar surface area (TPSA) is 214 Å². The number of ether oxygens (including phenoxy) is 2. The van der Waals surface area contributed by atoms with Gasteiger partial charge < -0.3 is 54.8 Å². The molecule has 0 radical (unpaired) electrons. The number of aromatic nitrogens is 5. The highest BCUT2D eigenvalue weighted by Crippen LogP contribution is 2.48. The number of H-pyrrole nitrogens is 2. The van der Waals surface area contributed by atoms with Gasteiger partial charge in [-0.25, -0.2) is 24.5 Å². The number of carboxylic acid groups (broad SMARTS) is 1. The Kier molecular flexibility index (Phi) is 13.8. The molecule has 4 amide bonds. The van der Waals surface area contributed by atoms with E-state index in [4.69, 9.17) is 24.4 Å². The molecule has 0 unspecified atom stereocenters. The van der Waals surface area contributed by atoms with Crippen molar-refractivity contribution in [2.75, 3.05) is 56.3 Å². The van der Waals surface area contributed by atoms with Gasteiger partial charge in [0.2, 0.25) is 11.8 Å². The quantitative estimate of drug-likeness (QED) is 0.0738. The number of anilines is 2. The molecule has 4 aliphatic heterocycles. The van der Waals surface area contributed by atoms with Crippen molar-refractivity contribution in [1.82, 2.24) is 45.4 Å². The number of pyridine rings is 1. The monoisotopic (exact) mass is 980 g/mol. The van der Waals surface area contributed by atoms with Crippen LogP contribution in [0.3, 0.4) is 0 Å². The van der Waals surface area contributed by atoms with Crippen molar-refractivity contribution < 1.29 is 33.8 Å². The molecule has 3 aromatic carbocycles. The molecule has 0 aliphatic carbocycles. The number of likely N-dealkylation sites (tertiary alicyclic amines) is 2. The molecule has 18 nitrogen and oxygen atoms in total. The third kappa shape index (κ3) is 9.63. The Hall–Kier alpha value is -7.21. The first-order valence-corrected chi connectivity index (χ1v) is 25.5. The van der Waals surface area contributed by atoms with Crippen LogP contribution in [-0.2, 0) is 19.1 Å². The lowest BCUT2D eigenvalue weighted by Gasteiger charge is -2.33. The number of nitrogens with zero attached hydrogens (tertiary/aromatic N) is 7. The Morgan fingerprint density at radius 3 is 1.68 bits per heavy atom. The molecule has 3 aromatic heterocycles. The number of nitrogens with one attached hydrogen (secondary N) is 4. The second kappa shape index (κ2) is 20.5. The van der Waals surface area contributed by atoms with Crippen molar-refractivity contribution in [1.29, 1.82) is 0 Å². The minimum absolute atomic E-state index is 0.00325. The molecule has 6 aromatic rings. The van der Waals surface area contributed by atoms with Crippen LogP contribution in [0, 0.1) is 11.8 Å². The molecule has 378 valence electrons. The molecule has 0 spiro atoms. The van der Waals surface area contributed by atoms with Crippen LogP contribution < -0.4 is 20.4 Å². The zero-order chi connectivity index (χ0) is 50.2. The minimum atomic E-state index is -1.22. The standard InChI is InChI=1S/C54H65N11O7/c1-31(2)47(60-53(68)69)51(66)63-22-6-8-44(63)49-56-38-17-12-34(28-40(38)58-49)42-19-20-43(65(42)37-15-10-33(11-16-37)36-14-21-46(55-30-36)62-24-26-72-27-25-62)35-13-18-39-41(29-35)59-50(57-39)45-9-7-23-64(45)52(67)48(32(3)4)61-54(70)71-5/h10-18,21,28-32,42-45,47-48,60H,6-9,19-20,22-27H2,1-5H3,(H,56,58)(H,57,59)(H,61,70)(H,68,69)/t42-,43-,44+,45+,47+,48+/m1/s1. The Labute approximate surface area is 418 Å². The summed E-state index contributed by atoms with van der Waals surface area (Å²) in [7, 11) is 1.30. The maximum absolute atomic E-state index is 14.0. The summed E-state index contributed by atoms with van der Waals surface area (Å²) in [4.78, 5) is 82.1. The molecule has 18 heteroatoms. The zero-order valence-corrected chi connectivity index (χ0v) is 41.6. The largest absolute Gasteiger partial charge is 0.465 e. The average molecular weight is 980 g/mol. The number of alkyl carbamates (subject to hydrolysis) is 1. The van der Waals surface area contributed by atoms with E-state index in [1.165, 1.54) is 7.11 Å². The molecule has 4 aliphatic rings. The van der Waals surface area contributed by atoms with Gasteiger partial charge in [-0.1, -0.05) is 52.0 Å². The lowest BCUT2D eigenvalue weighted by Crippen LogP contribution is -2.51. The van der Waals surface area contributed by atoms with Crippen LogP contribution in [0.4, 0.5) is 21.1 Å². The van der Waals surface area contributed by atoms with E-state index in [9.17, 15) is 24.3 Å². The van der Waals surface area contributed by atoms with Crippen molar-refractivity contribution in [3.63, 3.8) is 0 Å². The van der Waals surface area contributed by atoms with Gasteiger partial charge in [0.15, 0.2) is 0 Å². The number of amides is 4. The summed E-state index contributed by atoms with van der Waals surface area (Å²) in [5, 5.41) is 14.7. The first kappa shape index (κ1) is 48.4. The van der Waals surface area contributed by atoms with Crippen molar-refractivity contribution in [2.45, 2.75) is 102 Å². The maximum atomic E-state index is 14.0.